The van der Waals surface area contributed by atoms with Gasteiger partial charge in [0.1, 0.15) is 22.7 Å². The van der Waals surface area contributed by atoms with E-state index in [0.29, 0.717) is 38.9 Å². The molecule has 9 nitrogen and oxygen atoms in total. The molecule has 0 aliphatic rings. The van der Waals surface area contributed by atoms with Crippen LogP contribution in [-0.4, -0.2) is 39.2 Å². The number of aromatic nitrogens is 2. The average molecular weight is 654 g/mol. The van der Waals surface area contributed by atoms with E-state index in [-0.39, 0.29) is 34.0 Å². The number of amides is 1. The number of para-hydroxylation sites is 1. The third kappa shape index (κ3) is 5.22. The Morgan fingerprint density at radius 1 is 0.872 bits per heavy atom. The maximum absolute atomic E-state index is 14.7. The van der Waals surface area contributed by atoms with Gasteiger partial charge < -0.3 is 18.7 Å². The Labute approximate surface area is 267 Å². The van der Waals surface area contributed by atoms with Gasteiger partial charge in [0.15, 0.2) is 5.82 Å². The quantitative estimate of drug-likeness (QED) is 0.203. The topological polar surface area (TPSA) is 112 Å². The van der Waals surface area contributed by atoms with E-state index < -0.39 is 27.6 Å². The molecule has 0 saturated heterocycles. The van der Waals surface area contributed by atoms with Crippen molar-refractivity contribution in [1.29, 1.82) is 0 Å². The van der Waals surface area contributed by atoms with E-state index in [0.717, 1.165) is 10.6 Å². The lowest BCUT2D eigenvalue weighted by molar-refractivity contribution is -0.340. The standard InChI is InChI=1S/C35H26F2N4O5S/c1-38-34(42)31-25-18-23(28(40(2)47(3,43)44)19-30(25)45-33(31)20-9-12-22(36)13-10-20)21-11-14-27(41-15-4-5-16-41)24(17-21)35-39-32-26(37)7-6-8-29(32)46-35/h4-19H,1-3H3,(H,38,42)/p+1. The summed E-state index contributed by atoms with van der Waals surface area (Å²) in [5.41, 5.74) is 4.03. The highest BCUT2D eigenvalue weighted by Gasteiger charge is 2.28. The van der Waals surface area contributed by atoms with E-state index in [4.69, 9.17) is 8.83 Å². The molecule has 0 aliphatic carbocycles. The van der Waals surface area contributed by atoms with Crippen LogP contribution in [0.4, 0.5) is 14.5 Å². The fraction of sp³-hybridized carbons (Fsp3) is 0.0857. The van der Waals surface area contributed by atoms with Crippen LogP contribution in [0.25, 0.3) is 61.7 Å². The number of halogens is 2. The van der Waals surface area contributed by atoms with Crippen LogP contribution in [0.15, 0.2) is 106 Å². The molecule has 0 bridgehead atoms. The maximum atomic E-state index is 14.7. The van der Waals surface area contributed by atoms with Gasteiger partial charge >= 0.3 is 5.89 Å². The molecular weight excluding hydrogens is 626 g/mol. The minimum atomic E-state index is -3.76. The number of fused-ring (bicyclic) bond motifs is 2. The molecule has 0 saturated carbocycles. The number of hydrogen-bond acceptors (Lipinski definition) is 5. The Kier molecular flexibility index (Phi) is 7.16. The lowest BCUT2D eigenvalue weighted by Gasteiger charge is -2.21. The first-order valence-electron chi connectivity index (χ1n) is 14.4. The lowest BCUT2D eigenvalue weighted by atomic mass is 9.96. The van der Waals surface area contributed by atoms with Gasteiger partial charge in [-0.1, -0.05) is 12.1 Å². The molecule has 0 unspecified atom stereocenters. The highest BCUT2D eigenvalue weighted by atomic mass is 32.2. The average Bonchev–Trinajstić information content (AvgIpc) is 3.82. The molecule has 236 valence electrons. The molecule has 4 aromatic carbocycles. The largest absolute Gasteiger partial charge is 0.455 e. The SMILES string of the molecule is CNC(=O)c1c(-c2ccc(F)cc2)oc2cc(N(C)S(C)(=O)=O)c(-c3ccc(-n4cccc4)c(-c4[nH+]c5c(F)cccc5o4)c3)cc12. The third-order valence-corrected chi connectivity index (χ3v) is 9.26. The molecule has 0 radical (unpaired) electrons. The lowest BCUT2D eigenvalue weighted by Crippen LogP contribution is -2.25. The monoisotopic (exact) mass is 653 g/mol. The number of nitrogens with zero attached hydrogens (tertiary/aromatic N) is 2. The number of hydrogen-bond donors (Lipinski definition) is 1. The molecule has 3 heterocycles. The predicted molar refractivity (Wildman–Crippen MR) is 175 cm³/mol. The van der Waals surface area contributed by atoms with Crippen molar-refractivity contribution in [3.63, 3.8) is 0 Å². The Morgan fingerprint density at radius 3 is 2.28 bits per heavy atom. The Balaban J connectivity index is 1.52. The number of carbonyl (C=O) groups is 1. The number of sulfonamides is 1. The number of carbonyl (C=O) groups excluding carboxylic acids is 1. The second-order valence-electron chi connectivity index (χ2n) is 11.0. The third-order valence-electron chi connectivity index (χ3n) is 8.06. The van der Waals surface area contributed by atoms with Crippen molar-refractivity contribution < 1.29 is 35.8 Å². The number of rotatable bonds is 7. The molecule has 0 atom stereocenters. The summed E-state index contributed by atoms with van der Waals surface area (Å²) in [6.07, 6.45) is 4.80. The molecule has 2 N–H and O–H groups in total. The van der Waals surface area contributed by atoms with Gasteiger partial charge in [-0.3, -0.25) is 9.10 Å². The summed E-state index contributed by atoms with van der Waals surface area (Å²) >= 11 is 0. The van der Waals surface area contributed by atoms with E-state index in [1.807, 2.05) is 47.3 Å². The highest BCUT2D eigenvalue weighted by molar-refractivity contribution is 7.92. The van der Waals surface area contributed by atoms with Crippen molar-refractivity contribution in [1.82, 2.24) is 9.88 Å². The first kappa shape index (κ1) is 29.9. The summed E-state index contributed by atoms with van der Waals surface area (Å²) in [7, 11) is -0.852. The van der Waals surface area contributed by atoms with E-state index >= 15 is 0 Å². The molecule has 12 heteroatoms. The van der Waals surface area contributed by atoms with Gasteiger partial charge in [0, 0.05) is 49.1 Å². The number of benzene rings is 4. The van der Waals surface area contributed by atoms with Gasteiger partial charge in [-0.15, -0.1) is 0 Å². The smallest absolute Gasteiger partial charge is 0.382 e. The van der Waals surface area contributed by atoms with Crippen molar-refractivity contribution in [2.45, 2.75) is 0 Å². The van der Waals surface area contributed by atoms with Gasteiger partial charge in [0.2, 0.25) is 15.6 Å². The van der Waals surface area contributed by atoms with Crippen molar-refractivity contribution in [3.8, 4) is 39.6 Å². The molecule has 47 heavy (non-hydrogen) atoms. The Bertz CT molecular complexity index is 2430. The Hall–Kier alpha value is -5.75. The van der Waals surface area contributed by atoms with Crippen LogP contribution in [-0.2, 0) is 10.0 Å². The van der Waals surface area contributed by atoms with Crippen LogP contribution >= 0.6 is 0 Å². The van der Waals surface area contributed by atoms with Gasteiger partial charge in [-0.05, 0) is 72.3 Å². The van der Waals surface area contributed by atoms with Crippen LogP contribution < -0.4 is 14.6 Å². The van der Waals surface area contributed by atoms with Crippen molar-refractivity contribution in [2.75, 3.05) is 24.7 Å². The first-order valence-corrected chi connectivity index (χ1v) is 16.3. The molecule has 0 fully saturated rings. The summed E-state index contributed by atoms with van der Waals surface area (Å²) in [4.78, 5) is 16.4. The molecule has 3 aromatic heterocycles. The summed E-state index contributed by atoms with van der Waals surface area (Å²) in [5.74, 6) is -0.887. The molecule has 0 aliphatic heterocycles. The van der Waals surface area contributed by atoms with Gasteiger partial charge in [-0.2, -0.15) is 9.37 Å². The van der Waals surface area contributed by atoms with E-state index in [9.17, 15) is 22.0 Å². The van der Waals surface area contributed by atoms with E-state index in [1.54, 1.807) is 24.3 Å². The van der Waals surface area contributed by atoms with Crippen molar-refractivity contribution in [3.05, 3.63) is 115 Å². The maximum Gasteiger partial charge on any atom is 0.382 e. The van der Waals surface area contributed by atoms with E-state index in [2.05, 4.69) is 10.3 Å². The summed E-state index contributed by atoms with van der Waals surface area (Å²) in [6, 6.07) is 22.5. The van der Waals surface area contributed by atoms with Crippen LogP contribution in [0.3, 0.4) is 0 Å². The number of nitrogens with one attached hydrogen (secondary N) is 2. The number of aromatic amines is 1. The fourth-order valence-corrected chi connectivity index (χ4v) is 6.15. The molecular formula is C35H27F2N4O5S+. The Morgan fingerprint density at radius 2 is 1.60 bits per heavy atom. The zero-order chi connectivity index (χ0) is 33.0. The number of furan rings is 1. The second-order valence-corrected chi connectivity index (χ2v) is 13.0. The number of H-pyrrole nitrogens is 1. The zero-order valence-corrected chi connectivity index (χ0v) is 26.2. The van der Waals surface area contributed by atoms with Crippen LogP contribution in [0.5, 0.6) is 0 Å². The minimum Gasteiger partial charge on any atom is -0.455 e. The van der Waals surface area contributed by atoms with Crippen LogP contribution in [0.2, 0.25) is 0 Å². The van der Waals surface area contributed by atoms with Crippen LogP contribution in [0.1, 0.15) is 10.4 Å². The molecule has 7 aromatic rings. The highest BCUT2D eigenvalue weighted by Crippen LogP contribution is 2.42. The van der Waals surface area contributed by atoms with Gasteiger partial charge in [0.05, 0.1) is 23.2 Å². The summed E-state index contributed by atoms with van der Waals surface area (Å²) in [5, 5.41) is 3.06. The summed E-state index contributed by atoms with van der Waals surface area (Å²) in [6.45, 7) is 0. The van der Waals surface area contributed by atoms with Crippen LogP contribution in [0, 0.1) is 11.6 Å². The van der Waals surface area contributed by atoms with Crippen molar-refractivity contribution in [2.24, 2.45) is 0 Å². The van der Waals surface area contributed by atoms with Gasteiger partial charge in [0.25, 0.3) is 11.4 Å². The molecule has 0 spiro atoms. The first-order chi connectivity index (χ1) is 22.5. The summed E-state index contributed by atoms with van der Waals surface area (Å²) < 4.78 is 69.5. The second kappa shape index (κ2) is 11.2. The normalized spacial score (nSPS) is 11.8. The minimum absolute atomic E-state index is 0.201. The predicted octanol–water partition coefficient (Wildman–Crippen LogP) is 6.82. The number of anilines is 1. The molecule has 1 amide bonds. The van der Waals surface area contributed by atoms with Gasteiger partial charge in [-0.25, -0.2) is 12.8 Å². The zero-order valence-electron chi connectivity index (χ0n) is 25.3. The van der Waals surface area contributed by atoms with E-state index in [1.165, 1.54) is 44.4 Å². The fourth-order valence-electron chi connectivity index (χ4n) is 5.65. The van der Waals surface area contributed by atoms with Crippen molar-refractivity contribution >= 4 is 43.7 Å². The number of oxazole rings is 1. The molecule has 7 rings (SSSR count).